The summed E-state index contributed by atoms with van der Waals surface area (Å²) in [5.41, 5.74) is 4.34. The largest absolute Gasteiger partial charge is 0.389 e. The van der Waals surface area contributed by atoms with Crippen molar-refractivity contribution in [1.82, 2.24) is 4.90 Å². The summed E-state index contributed by atoms with van der Waals surface area (Å²) >= 11 is 12.2. The molecule has 4 aromatic carbocycles. The fourth-order valence-corrected chi connectivity index (χ4v) is 4.34. The third-order valence-corrected chi connectivity index (χ3v) is 6.27. The average molecular weight is 506 g/mol. The Hall–Kier alpha value is -2.66. The van der Waals surface area contributed by atoms with Gasteiger partial charge in [-0.15, -0.1) is 0 Å². The third-order valence-electron chi connectivity index (χ3n) is 5.77. The Bertz CT molecular complexity index is 1070. The first-order chi connectivity index (χ1) is 17.1. The van der Waals surface area contributed by atoms with Gasteiger partial charge in [-0.25, -0.2) is 0 Å². The van der Waals surface area contributed by atoms with Gasteiger partial charge in [0.2, 0.25) is 0 Å². The maximum atomic E-state index is 11.0. The lowest BCUT2D eigenvalue weighted by Gasteiger charge is -2.27. The lowest BCUT2D eigenvalue weighted by Crippen LogP contribution is -2.34. The second-order valence-corrected chi connectivity index (χ2v) is 9.48. The van der Waals surface area contributed by atoms with Crippen LogP contribution >= 0.6 is 23.2 Å². The summed E-state index contributed by atoms with van der Waals surface area (Å²) in [4.78, 5) is 2.25. The molecule has 0 radical (unpaired) electrons. The van der Waals surface area contributed by atoms with E-state index in [1.165, 1.54) is 11.1 Å². The Balaban J connectivity index is 1.46. The average Bonchev–Trinajstić information content (AvgIpc) is 2.87. The molecule has 0 aliphatic carbocycles. The summed E-state index contributed by atoms with van der Waals surface area (Å²) in [5, 5.41) is 12.3. The molecular weight excluding hydrogens is 477 g/mol. The molecule has 1 N–H and O–H groups in total. The van der Waals surface area contributed by atoms with Crippen molar-refractivity contribution in [2.75, 3.05) is 13.2 Å². The Morgan fingerprint density at radius 1 is 0.629 bits per heavy atom. The second-order valence-electron chi connectivity index (χ2n) is 8.61. The molecule has 1 atom stereocenters. The highest BCUT2D eigenvalue weighted by atomic mass is 35.5. The standard InChI is InChI=1S/C30H29Cl2NO2/c31-27-15-11-25(12-16-27)30(26-13-17-28(32)18-14-26)35-22-29(34)21-33(19-23-7-3-1-4-8-23)20-24-9-5-2-6-10-24/h1-18,29-30,34H,19-22H2/t29-/m1/s1. The molecule has 0 aromatic heterocycles. The number of rotatable bonds is 11. The molecule has 4 rings (SSSR count). The SMILES string of the molecule is O[C@@H](COC(c1ccc(Cl)cc1)c1ccc(Cl)cc1)CN(Cc1ccccc1)Cc1ccccc1. The first-order valence-electron chi connectivity index (χ1n) is 11.7. The fraction of sp³-hybridized carbons (Fsp3) is 0.200. The summed E-state index contributed by atoms with van der Waals surface area (Å²) in [6.07, 6.45) is -1.000. The molecule has 0 bridgehead atoms. The van der Waals surface area contributed by atoms with Gasteiger partial charge in [-0.1, -0.05) is 108 Å². The van der Waals surface area contributed by atoms with Crippen LogP contribution in [-0.2, 0) is 17.8 Å². The third kappa shape index (κ3) is 7.93. The fourth-order valence-electron chi connectivity index (χ4n) is 4.09. The molecular formula is C30H29Cl2NO2. The lowest BCUT2D eigenvalue weighted by molar-refractivity contribution is -0.0106. The number of aliphatic hydroxyl groups excluding tert-OH is 1. The maximum absolute atomic E-state index is 11.0. The molecule has 0 fully saturated rings. The number of ether oxygens (including phenoxy) is 1. The smallest absolute Gasteiger partial charge is 0.108 e. The van der Waals surface area contributed by atoms with E-state index >= 15 is 0 Å². The molecule has 0 saturated heterocycles. The summed E-state index contributed by atoms with van der Waals surface area (Å²) in [5.74, 6) is 0. The zero-order valence-corrected chi connectivity index (χ0v) is 20.9. The Morgan fingerprint density at radius 3 is 1.49 bits per heavy atom. The molecule has 0 heterocycles. The van der Waals surface area contributed by atoms with Gasteiger partial charge in [-0.2, -0.15) is 0 Å². The highest BCUT2D eigenvalue weighted by molar-refractivity contribution is 6.30. The monoisotopic (exact) mass is 505 g/mol. The number of halogens is 2. The van der Waals surface area contributed by atoms with Crippen LogP contribution in [0.4, 0.5) is 0 Å². The normalized spacial score (nSPS) is 12.3. The van der Waals surface area contributed by atoms with E-state index in [1.54, 1.807) is 0 Å². The molecule has 0 aliphatic heterocycles. The van der Waals surface area contributed by atoms with Crippen LogP contribution in [0.25, 0.3) is 0 Å². The van der Waals surface area contributed by atoms with Crippen LogP contribution in [0.2, 0.25) is 10.0 Å². The minimum absolute atomic E-state index is 0.190. The van der Waals surface area contributed by atoms with Crippen LogP contribution in [0.1, 0.15) is 28.4 Å². The number of aliphatic hydroxyl groups is 1. The summed E-state index contributed by atoms with van der Waals surface area (Å²) in [6.45, 7) is 2.16. The van der Waals surface area contributed by atoms with Gasteiger partial charge in [0.1, 0.15) is 6.10 Å². The van der Waals surface area contributed by atoms with Gasteiger partial charge in [0.05, 0.1) is 12.7 Å². The van der Waals surface area contributed by atoms with Crippen molar-refractivity contribution in [2.45, 2.75) is 25.3 Å². The summed E-state index contributed by atoms with van der Waals surface area (Å²) in [6, 6.07) is 35.8. The maximum Gasteiger partial charge on any atom is 0.108 e. The van der Waals surface area contributed by atoms with E-state index in [2.05, 4.69) is 29.2 Å². The van der Waals surface area contributed by atoms with E-state index in [4.69, 9.17) is 27.9 Å². The Labute approximate surface area is 217 Å². The lowest BCUT2D eigenvalue weighted by atomic mass is 10.0. The quantitative estimate of drug-likeness (QED) is 0.234. The first kappa shape index (κ1) is 25.4. The molecule has 4 aromatic rings. The van der Waals surface area contributed by atoms with Crippen molar-refractivity contribution in [1.29, 1.82) is 0 Å². The van der Waals surface area contributed by atoms with Crippen LogP contribution in [0.3, 0.4) is 0 Å². The van der Waals surface area contributed by atoms with E-state index in [0.29, 0.717) is 16.6 Å². The van der Waals surface area contributed by atoms with Crippen LogP contribution < -0.4 is 0 Å². The van der Waals surface area contributed by atoms with Gasteiger partial charge in [0, 0.05) is 29.7 Å². The van der Waals surface area contributed by atoms with Crippen LogP contribution in [-0.4, -0.2) is 29.3 Å². The van der Waals surface area contributed by atoms with Gasteiger partial charge in [-0.05, 0) is 46.5 Å². The molecule has 0 spiro atoms. The summed E-state index contributed by atoms with van der Waals surface area (Å²) < 4.78 is 6.29. The second kappa shape index (κ2) is 12.9. The molecule has 0 saturated carbocycles. The number of hydrogen-bond acceptors (Lipinski definition) is 3. The van der Waals surface area contributed by atoms with Crippen LogP contribution in [0.15, 0.2) is 109 Å². The van der Waals surface area contributed by atoms with Crippen molar-refractivity contribution < 1.29 is 9.84 Å². The Kier molecular flexibility index (Phi) is 9.35. The molecule has 35 heavy (non-hydrogen) atoms. The van der Waals surface area contributed by atoms with E-state index in [-0.39, 0.29) is 12.7 Å². The van der Waals surface area contributed by atoms with E-state index in [9.17, 15) is 5.11 Å². The highest BCUT2D eigenvalue weighted by Crippen LogP contribution is 2.28. The van der Waals surface area contributed by atoms with Crippen LogP contribution in [0, 0.1) is 0 Å². The van der Waals surface area contributed by atoms with Gasteiger partial charge >= 0.3 is 0 Å². The molecule has 0 amide bonds. The van der Waals surface area contributed by atoms with Crippen molar-refractivity contribution in [2.24, 2.45) is 0 Å². The minimum Gasteiger partial charge on any atom is -0.389 e. The van der Waals surface area contributed by atoms with Gasteiger partial charge < -0.3 is 9.84 Å². The van der Waals surface area contributed by atoms with Crippen molar-refractivity contribution >= 4 is 23.2 Å². The van der Waals surface area contributed by atoms with E-state index in [1.807, 2.05) is 84.9 Å². The van der Waals surface area contributed by atoms with E-state index in [0.717, 1.165) is 24.2 Å². The summed E-state index contributed by atoms with van der Waals surface area (Å²) in [7, 11) is 0. The first-order valence-corrected chi connectivity index (χ1v) is 12.4. The van der Waals surface area contributed by atoms with Gasteiger partial charge in [0.15, 0.2) is 0 Å². The number of hydrogen-bond donors (Lipinski definition) is 1. The van der Waals surface area contributed by atoms with Crippen molar-refractivity contribution in [3.63, 3.8) is 0 Å². The van der Waals surface area contributed by atoms with Crippen molar-refractivity contribution in [3.8, 4) is 0 Å². The molecule has 180 valence electrons. The zero-order valence-electron chi connectivity index (χ0n) is 19.4. The topological polar surface area (TPSA) is 32.7 Å². The van der Waals surface area contributed by atoms with Gasteiger partial charge in [0.25, 0.3) is 0 Å². The minimum atomic E-state index is -0.662. The Morgan fingerprint density at radius 2 is 1.06 bits per heavy atom. The molecule has 3 nitrogen and oxygen atoms in total. The highest BCUT2D eigenvalue weighted by Gasteiger charge is 2.19. The number of nitrogens with zero attached hydrogens (tertiary/aromatic N) is 1. The molecule has 0 aliphatic rings. The number of benzene rings is 4. The van der Waals surface area contributed by atoms with Crippen LogP contribution in [0.5, 0.6) is 0 Å². The van der Waals surface area contributed by atoms with E-state index < -0.39 is 6.10 Å². The van der Waals surface area contributed by atoms with Crippen molar-refractivity contribution in [3.05, 3.63) is 141 Å². The predicted molar refractivity (Wildman–Crippen MR) is 144 cm³/mol. The zero-order chi connectivity index (χ0) is 24.5. The molecule has 0 unspecified atom stereocenters. The van der Waals surface area contributed by atoms with Gasteiger partial charge in [-0.3, -0.25) is 4.90 Å². The predicted octanol–water partition coefficient (Wildman–Crippen LogP) is 7.16. The molecule has 5 heteroatoms.